The Morgan fingerprint density at radius 3 is 2.42 bits per heavy atom. The molecule has 4 heteroatoms. The van der Waals surface area contributed by atoms with Gasteiger partial charge in [0.05, 0.1) is 0 Å². The Balaban J connectivity index is 0.000000720. The maximum Gasteiger partial charge on any atom is 0.112 e. The van der Waals surface area contributed by atoms with Gasteiger partial charge in [-0.1, -0.05) is 35.5 Å². The van der Waals surface area contributed by atoms with Crippen LogP contribution in [0.4, 0.5) is 0 Å². The first-order valence-corrected chi connectivity index (χ1v) is 3.39. The maximum absolute atomic E-state index is 3.88. The van der Waals surface area contributed by atoms with Crippen molar-refractivity contribution < 1.29 is 0 Å². The summed E-state index contributed by atoms with van der Waals surface area (Å²) in [6.45, 7) is 0. The number of benzene rings is 1. The number of hydrogen-bond donors (Lipinski definition) is 1. The fourth-order valence-electron chi connectivity index (χ4n) is 0.952. The molecule has 0 atom stereocenters. The van der Waals surface area contributed by atoms with Gasteiger partial charge in [0.1, 0.15) is 5.69 Å². The van der Waals surface area contributed by atoms with Gasteiger partial charge in [0.2, 0.25) is 0 Å². The van der Waals surface area contributed by atoms with Gasteiger partial charge in [0.15, 0.2) is 0 Å². The van der Waals surface area contributed by atoms with Crippen molar-refractivity contribution in [2.24, 2.45) is 0 Å². The van der Waals surface area contributed by atoms with Crippen molar-refractivity contribution in [1.82, 2.24) is 15.4 Å². The predicted molar refractivity (Wildman–Crippen MR) is 49.0 cm³/mol. The number of rotatable bonds is 1. The molecule has 1 heterocycles. The summed E-state index contributed by atoms with van der Waals surface area (Å²) in [5.74, 6) is 0. The molecule has 56 valence electrons. The normalized spacial score (nSPS) is 9.00. The minimum absolute atomic E-state index is 0. The third kappa shape index (κ3) is 1.94. The first-order valence-electron chi connectivity index (χ1n) is 3.39. The molecule has 1 N–H and O–H groups in total. The Hall–Kier alpha value is -0.640. The molecule has 0 aliphatic carbocycles. The van der Waals surface area contributed by atoms with Crippen LogP contribution >= 0.6 is 0 Å². The average molecular weight is 169 g/mol. The SMILES string of the molecule is [NaH].c1ccc(-c2c[nH]nn2)cc1. The van der Waals surface area contributed by atoms with Crippen molar-refractivity contribution in [2.75, 3.05) is 0 Å². The summed E-state index contributed by atoms with van der Waals surface area (Å²) < 4.78 is 0. The van der Waals surface area contributed by atoms with Crippen molar-refractivity contribution >= 4 is 29.6 Å². The van der Waals surface area contributed by atoms with E-state index in [-0.39, 0.29) is 29.6 Å². The van der Waals surface area contributed by atoms with Crippen LogP contribution in [0.2, 0.25) is 0 Å². The monoisotopic (exact) mass is 169 g/mol. The molecule has 3 nitrogen and oxygen atoms in total. The Bertz CT molecular complexity index is 317. The van der Waals surface area contributed by atoms with Crippen LogP contribution in [-0.4, -0.2) is 45.0 Å². The molecule has 0 saturated carbocycles. The molecule has 12 heavy (non-hydrogen) atoms. The second kappa shape index (κ2) is 4.40. The van der Waals surface area contributed by atoms with Gasteiger partial charge in [0, 0.05) is 11.8 Å². The number of H-pyrrole nitrogens is 1. The minimum Gasteiger partial charge on any atom is -0.265 e. The Morgan fingerprint density at radius 2 is 1.83 bits per heavy atom. The standard InChI is InChI=1S/C8H7N3.Na.H/c1-2-4-7(5-3-1)8-6-9-11-10-8;;/h1-6H,(H,9,10,11);;. The molecule has 0 bridgehead atoms. The molecule has 0 unspecified atom stereocenters. The number of aromatic amines is 1. The summed E-state index contributed by atoms with van der Waals surface area (Å²) in [6.07, 6.45) is 1.77. The zero-order chi connectivity index (χ0) is 7.52. The van der Waals surface area contributed by atoms with Crippen molar-refractivity contribution in [3.05, 3.63) is 36.5 Å². The molecule has 0 fully saturated rings. The van der Waals surface area contributed by atoms with Gasteiger partial charge in [-0.3, -0.25) is 5.10 Å². The fraction of sp³-hybridized carbons (Fsp3) is 0. The quantitative estimate of drug-likeness (QED) is 0.642. The number of nitrogens with one attached hydrogen (secondary N) is 1. The second-order valence-corrected chi connectivity index (χ2v) is 2.22. The molecule has 2 aromatic rings. The van der Waals surface area contributed by atoms with Gasteiger partial charge in [-0.05, 0) is 0 Å². The third-order valence-corrected chi connectivity index (χ3v) is 1.49. The molecule has 1 aromatic heterocycles. The third-order valence-electron chi connectivity index (χ3n) is 1.49. The van der Waals surface area contributed by atoms with Crippen LogP contribution in [0, 0.1) is 0 Å². The van der Waals surface area contributed by atoms with E-state index in [1.54, 1.807) is 6.20 Å². The van der Waals surface area contributed by atoms with Gasteiger partial charge in [-0.25, -0.2) is 0 Å². The summed E-state index contributed by atoms with van der Waals surface area (Å²) in [5, 5.41) is 10.2. The molecule has 0 aliphatic heterocycles. The smallest absolute Gasteiger partial charge is 0.112 e. The van der Waals surface area contributed by atoms with E-state index in [4.69, 9.17) is 0 Å². The van der Waals surface area contributed by atoms with Gasteiger partial charge in [-0.2, -0.15) is 0 Å². The molecule has 0 radical (unpaired) electrons. The largest absolute Gasteiger partial charge is 0.265 e. The van der Waals surface area contributed by atoms with E-state index in [1.807, 2.05) is 30.3 Å². The second-order valence-electron chi connectivity index (χ2n) is 2.22. The Morgan fingerprint density at radius 1 is 1.08 bits per heavy atom. The zero-order valence-corrected chi connectivity index (χ0v) is 5.86. The van der Waals surface area contributed by atoms with E-state index in [2.05, 4.69) is 15.4 Å². The summed E-state index contributed by atoms with van der Waals surface area (Å²) in [6, 6.07) is 9.92. The first-order chi connectivity index (χ1) is 5.47. The topological polar surface area (TPSA) is 41.6 Å². The van der Waals surface area contributed by atoms with E-state index in [0.29, 0.717) is 0 Å². The fourth-order valence-corrected chi connectivity index (χ4v) is 0.952. The molecule has 1 aromatic carbocycles. The number of nitrogens with zero attached hydrogens (tertiary/aromatic N) is 2. The van der Waals surface area contributed by atoms with E-state index < -0.39 is 0 Å². The van der Waals surface area contributed by atoms with Crippen molar-refractivity contribution in [2.45, 2.75) is 0 Å². The Kier molecular flexibility index (Phi) is 3.47. The van der Waals surface area contributed by atoms with Crippen LogP contribution in [0.5, 0.6) is 0 Å². The molecule has 0 saturated heterocycles. The summed E-state index contributed by atoms with van der Waals surface area (Å²) in [7, 11) is 0. The zero-order valence-electron chi connectivity index (χ0n) is 5.86. The first kappa shape index (κ1) is 9.45. The predicted octanol–water partition coefficient (Wildman–Crippen LogP) is 0.823. The van der Waals surface area contributed by atoms with Crippen LogP contribution in [0.1, 0.15) is 0 Å². The van der Waals surface area contributed by atoms with Gasteiger partial charge in [0.25, 0.3) is 0 Å². The van der Waals surface area contributed by atoms with Crippen LogP contribution in [0.25, 0.3) is 11.3 Å². The van der Waals surface area contributed by atoms with Crippen LogP contribution in [0.3, 0.4) is 0 Å². The van der Waals surface area contributed by atoms with Crippen LogP contribution < -0.4 is 0 Å². The molecule has 0 spiro atoms. The maximum atomic E-state index is 3.88. The van der Waals surface area contributed by atoms with Gasteiger partial charge >= 0.3 is 29.6 Å². The van der Waals surface area contributed by atoms with E-state index in [9.17, 15) is 0 Å². The van der Waals surface area contributed by atoms with Crippen LogP contribution in [-0.2, 0) is 0 Å². The van der Waals surface area contributed by atoms with Crippen molar-refractivity contribution in [1.29, 1.82) is 0 Å². The minimum atomic E-state index is 0. The molecule has 2 rings (SSSR count). The van der Waals surface area contributed by atoms with Crippen LogP contribution in [0.15, 0.2) is 36.5 Å². The molecule has 0 amide bonds. The van der Waals surface area contributed by atoms with Crippen molar-refractivity contribution in [3.8, 4) is 11.3 Å². The van der Waals surface area contributed by atoms with Crippen molar-refractivity contribution in [3.63, 3.8) is 0 Å². The van der Waals surface area contributed by atoms with Gasteiger partial charge < -0.3 is 0 Å². The van der Waals surface area contributed by atoms with E-state index in [1.165, 1.54) is 0 Å². The molecular weight excluding hydrogens is 161 g/mol. The summed E-state index contributed by atoms with van der Waals surface area (Å²) in [4.78, 5) is 0. The summed E-state index contributed by atoms with van der Waals surface area (Å²) >= 11 is 0. The number of hydrogen-bond acceptors (Lipinski definition) is 2. The Labute approximate surface area is 92.5 Å². The van der Waals surface area contributed by atoms with E-state index >= 15 is 0 Å². The van der Waals surface area contributed by atoms with Gasteiger partial charge in [-0.15, -0.1) is 5.10 Å². The van der Waals surface area contributed by atoms with E-state index in [0.717, 1.165) is 11.3 Å². The summed E-state index contributed by atoms with van der Waals surface area (Å²) in [5.41, 5.74) is 1.96. The molecule has 0 aliphatic rings. The average Bonchev–Trinajstić information content (AvgIpc) is 2.58. The molecular formula is C8H8N3Na. The number of aromatic nitrogens is 3.